The second kappa shape index (κ2) is 14.0. The molecule has 0 radical (unpaired) electrons. The third-order valence-corrected chi connectivity index (χ3v) is 11.8. The standard InChI is InChI=1S/C37H52N7O3/c1-5-47-31-11-9-28(10-12-31)24-42-25-33(32-8-6-7-17-40-32)43(36(42)46)30-13-20-44(21-14-30,37(4)15-18-39-19-16-37)35(45)34-26(2)22-29(23-38)41-27(34)3/h6-8,17,22,28,30-31,33,39H,5,9-16,18-21,24-25H2,1-4H3/q+1/t28?,30?,31?,33-,44?/m0/s1. The van der Waals surface area contributed by atoms with Gasteiger partial charge in [-0.1, -0.05) is 6.07 Å². The second-order valence-corrected chi connectivity index (χ2v) is 14.6. The highest BCUT2D eigenvalue weighted by Crippen LogP contribution is 2.43. The first-order valence-electron chi connectivity index (χ1n) is 17.8. The Morgan fingerprint density at radius 2 is 1.85 bits per heavy atom. The van der Waals surface area contributed by atoms with Gasteiger partial charge in [0, 0.05) is 70.7 Å². The summed E-state index contributed by atoms with van der Waals surface area (Å²) in [5, 5.41) is 13.0. The number of nitrogens with one attached hydrogen (secondary N) is 1. The molecule has 3 saturated heterocycles. The molecule has 1 atom stereocenters. The molecule has 1 saturated carbocycles. The van der Waals surface area contributed by atoms with Crippen LogP contribution in [0.1, 0.15) is 104 Å². The van der Waals surface area contributed by atoms with Crippen LogP contribution in [0.2, 0.25) is 0 Å². The first-order valence-corrected chi connectivity index (χ1v) is 17.8. The molecule has 2 aromatic rings. The van der Waals surface area contributed by atoms with Gasteiger partial charge >= 0.3 is 11.9 Å². The van der Waals surface area contributed by atoms with Gasteiger partial charge in [0.1, 0.15) is 22.9 Å². The number of piperidine rings is 2. The Hall–Kier alpha value is -3.39. The summed E-state index contributed by atoms with van der Waals surface area (Å²) in [6.07, 6.45) is 9.78. The van der Waals surface area contributed by atoms with Gasteiger partial charge in [-0.2, -0.15) is 5.26 Å². The van der Waals surface area contributed by atoms with Gasteiger partial charge in [-0.25, -0.2) is 14.6 Å². The third kappa shape index (κ3) is 6.42. The summed E-state index contributed by atoms with van der Waals surface area (Å²) < 4.78 is 6.25. The quantitative estimate of drug-likeness (QED) is 0.389. The Bertz CT molecular complexity index is 1450. The molecule has 47 heavy (non-hydrogen) atoms. The van der Waals surface area contributed by atoms with E-state index in [-0.39, 0.29) is 29.6 Å². The molecule has 0 spiro atoms. The number of rotatable bonds is 8. The van der Waals surface area contributed by atoms with Crippen molar-refractivity contribution in [3.05, 3.63) is 58.7 Å². The zero-order valence-electron chi connectivity index (χ0n) is 28.7. The number of amides is 3. The third-order valence-electron chi connectivity index (χ3n) is 11.8. The molecule has 1 N–H and O–H groups in total. The van der Waals surface area contributed by atoms with Crippen molar-refractivity contribution < 1.29 is 18.8 Å². The number of likely N-dealkylation sites (tertiary alicyclic amines) is 1. The highest BCUT2D eigenvalue weighted by Gasteiger charge is 2.57. The summed E-state index contributed by atoms with van der Waals surface area (Å²) in [6.45, 7) is 13.4. The van der Waals surface area contributed by atoms with Crippen LogP contribution in [0.5, 0.6) is 0 Å². The number of urea groups is 1. The lowest BCUT2D eigenvalue weighted by molar-refractivity contribution is -0.907. The summed E-state index contributed by atoms with van der Waals surface area (Å²) in [5.74, 6) is 0.596. The van der Waals surface area contributed by atoms with Crippen LogP contribution in [0.4, 0.5) is 4.79 Å². The van der Waals surface area contributed by atoms with Crippen LogP contribution < -0.4 is 5.32 Å². The predicted molar refractivity (Wildman–Crippen MR) is 179 cm³/mol. The fraction of sp³-hybridized carbons (Fsp3) is 0.649. The van der Waals surface area contributed by atoms with Crippen LogP contribution in [-0.2, 0) is 4.74 Å². The van der Waals surface area contributed by atoms with Crippen molar-refractivity contribution in [1.82, 2.24) is 25.1 Å². The van der Waals surface area contributed by atoms with E-state index < -0.39 is 0 Å². The molecule has 10 heteroatoms. The van der Waals surface area contributed by atoms with Gasteiger partial charge in [0.25, 0.3) is 0 Å². The van der Waals surface area contributed by atoms with Crippen molar-refractivity contribution in [3.63, 3.8) is 0 Å². The smallest absolute Gasteiger partial charge is 0.348 e. The second-order valence-electron chi connectivity index (χ2n) is 14.6. The first-order chi connectivity index (χ1) is 22.7. The van der Waals surface area contributed by atoms with Crippen LogP contribution in [-0.4, -0.2) is 99.7 Å². The Morgan fingerprint density at radius 3 is 2.47 bits per heavy atom. The maximum atomic E-state index is 14.9. The lowest BCUT2D eigenvalue weighted by atomic mass is 9.81. The molecule has 5 heterocycles. The maximum absolute atomic E-state index is 14.9. The highest BCUT2D eigenvalue weighted by atomic mass is 16.5. The predicted octanol–water partition coefficient (Wildman–Crippen LogP) is 5.30. The summed E-state index contributed by atoms with van der Waals surface area (Å²) in [6, 6.07) is 9.91. The van der Waals surface area contributed by atoms with Crippen molar-refractivity contribution in [2.45, 2.75) is 103 Å². The van der Waals surface area contributed by atoms with E-state index in [4.69, 9.17) is 9.72 Å². The summed E-state index contributed by atoms with van der Waals surface area (Å²) >= 11 is 0. The van der Waals surface area contributed by atoms with E-state index in [9.17, 15) is 14.9 Å². The Kier molecular flexibility index (Phi) is 9.98. The van der Waals surface area contributed by atoms with Gasteiger partial charge < -0.3 is 19.9 Å². The van der Waals surface area contributed by atoms with Gasteiger partial charge in [0.05, 0.1) is 36.6 Å². The van der Waals surface area contributed by atoms with Crippen LogP contribution in [0, 0.1) is 31.1 Å². The molecule has 4 aliphatic rings. The van der Waals surface area contributed by atoms with Crippen LogP contribution in [0.3, 0.4) is 0 Å². The van der Waals surface area contributed by atoms with Crippen LogP contribution in [0.15, 0.2) is 30.5 Å². The minimum Gasteiger partial charge on any atom is -0.379 e. The van der Waals surface area contributed by atoms with E-state index in [0.29, 0.717) is 53.1 Å². The average Bonchev–Trinajstić information content (AvgIpc) is 3.41. The van der Waals surface area contributed by atoms with Gasteiger partial charge in [0.2, 0.25) is 0 Å². The molecule has 4 fully saturated rings. The minimum atomic E-state index is -0.234. The SMILES string of the molecule is CCOC1CCC(CN2C[C@@H](c3ccccn3)N(C3CC[N+](C(=O)c4c(C)cc(C#N)nc4C)(C4(C)CCNCC4)CC3)C2=O)CC1. The number of hydrogen-bond acceptors (Lipinski definition) is 7. The number of aromatic nitrogens is 2. The van der Waals surface area contributed by atoms with Crippen LogP contribution >= 0.6 is 0 Å². The molecule has 3 amide bonds. The monoisotopic (exact) mass is 642 g/mol. The van der Waals surface area contributed by atoms with E-state index >= 15 is 0 Å². The number of ether oxygens (including phenoxy) is 1. The zero-order chi connectivity index (χ0) is 33.2. The highest BCUT2D eigenvalue weighted by molar-refractivity contribution is 5.92. The molecular weight excluding hydrogens is 590 g/mol. The number of pyridine rings is 2. The Morgan fingerprint density at radius 1 is 1.13 bits per heavy atom. The summed E-state index contributed by atoms with van der Waals surface area (Å²) in [5.41, 5.74) is 3.13. The number of carbonyl (C=O) groups excluding carboxylic acids is 2. The Labute approximate surface area is 280 Å². The molecule has 252 valence electrons. The van der Waals surface area contributed by atoms with Crippen LogP contribution in [0.25, 0.3) is 0 Å². The van der Waals surface area contributed by atoms with E-state index in [2.05, 4.69) is 40.0 Å². The number of aryl methyl sites for hydroxylation is 2. The van der Waals surface area contributed by atoms with E-state index in [1.807, 2.05) is 38.2 Å². The molecule has 3 aliphatic heterocycles. The van der Waals surface area contributed by atoms with Gasteiger partial charge in [-0.15, -0.1) is 0 Å². The molecule has 0 bridgehead atoms. The fourth-order valence-corrected chi connectivity index (χ4v) is 9.15. The van der Waals surface area contributed by atoms with Crippen molar-refractivity contribution in [2.75, 3.05) is 45.9 Å². The molecule has 6 rings (SSSR count). The van der Waals surface area contributed by atoms with E-state index in [0.717, 1.165) is 88.9 Å². The van der Waals surface area contributed by atoms with Gasteiger partial charge in [-0.3, -0.25) is 9.47 Å². The van der Waals surface area contributed by atoms with Crippen molar-refractivity contribution in [2.24, 2.45) is 5.92 Å². The van der Waals surface area contributed by atoms with Crippen molar-refractivity contribution >= 4 is 11.9 Å². The topological polar surface area (TPSA) is 111 Å². The van der Waals surface area contributed by atoms with Gasteiger partial charge in [0.15, 0.2) is 0 Å². The van der Waals surface area contributed by atoms with E-state index in [1.54, 1.807) is 6.07 Å². The summed E-state index contributed by atoms with van der Waals surface area (Å²) in [7, 11) is 0. The first kappa shape index (κ1) is 33.5. The van der Waals surface area contributed by atoms with Crippen molar-refractivity contribution in [1.29, 1.82) is 5.26 Å². The number of hydrogen-bond donors (Lipinski definition) is 1. The lowest BCUT2D eigenvalue weighted by Crippen LogP contribution is -2.72. The lowest BCUT2D eigenvalue weighted by Gasteiger charge is -2.55. The van der Waals surface area contributed by atoms with E-state index in [1.165, 1.54) is 0 Å². The molecule has 10 nitrogen and oxygen atoms in total. The number of nitrogens with zero attached hydrogens (tertiary/aromatic N) is 6. The number of nitriles is 1. The number of quaternary nitrogens is 1. The van der Waals surface area contributed by atoms with Gasteiger partial charge in [-0.05, 0) is 83.1 Å². The minimum absolute atomic E-state index is 0.0267. The summed E-state index contributed by atoms with van der Waals surface area (Å²) in [4.78, 5) is 42.7. The molecule has 2 aromatic heterocycles. The fourth-order valence-electron chi connectivity index (χ4n) is 9.15. The molecular formula is C37H52N7O3+. The molecule has 0 unspecified atom stereocenters. The number of carbonyl (C=O) groups is 2. The Balaban J connectivity index is 1.26. The maximum Gasteiger partial charge on any atom is 0.348 e. The normalized spacial score (nSPS) is 29.5. The molecule has 1 aliphatic carbocycles. The molecule has 0 aromatic carbocycles. The zero-order valence-corrected chi connectivity index (χ0v) is 28.7. The largest absolute Gasteiger partial charge is 0.379 e. The van der Waals surface area contributed by atoms with Crippen molar-refractivity contribution in [3.8, 4) is 6.07 Å². The average molecular weight is 643 g/mol.